The molecule has 1 aromatic heterocycles. The summed E-state index contributed by atoms with van der Waals surface area (Å²) in [6.07, 6.45) is 0. The smallest absolute Gasteiger partial charge is 0.0726 e. The molecular weight excluding hydrogens is 823 g/mol. The monoisotopic (exact) mass is 865 g/mol. The molecule has 3 heteroatoms. The molecule has 1 heterocycles. The van der Waals surface area contributed by atoms with Gasteiger partial charge in [0, 0.05) is 50.3 Å². The second-order valence-electron chi connectivity index (χ2n) is 18.0. The highest BCUT2D eigenvalue weighted by Gasteiger charge is 2.52. The lowest BCUT2D eigenvalue weighted by atomic mass is 9.70. The molecule has 2 aliphatic rings. The van der Waals surface area contributed by atoms with Crippen molar-refractivity contribution < 1.29 is 0 Å². The van der Waals surface area contributed by atoms with Crippen LogP contribution in [0.3, 0.4) is 0 Å². The normalized spacial score (nSPS) is 14.2. The number of anilines is 6. The molecule has 0 aliphatic heterocycles. The van der Waals surface area contributed by atoms with Crippen molar-refractivity contribution in [3.63, 3.8) is 0 Å². The largest absolute Gasteiger partial charge is 0.310 e. The summed E-state index contributed by atoms with van der Waals surface area (Å²) in [5.41, 5.74) is 20.0. The van der Waals surface area contributed by atoms with Gasteiger partial charge in [-0.15, -0.1) is 0 Å². The third-order valence-corrected chi connectivity index (χ3v) is 14.5. The van der Waals surface area contributed by atoms with Crippen molar-refractivity contribution in [1.29, 1.82) is 0 Å². The van der Waals surface area contributed by atoms with Gasteiger partial charge in [-0.1, -0.05) is 176 Å². The van der Waals surface area contributed by atoms with E-state index >= 15 is 0 Å². The molecule has 1 atom stereocenters. The third-order valence-electron chi connectivity index (χ3n) is 14.5. The highest BCUT2D eigenvalue weighted by Crippen LogP contribution is 2.65. The first-order valence-corrected chi connectivity index (χ1v) is 23.5. The number of nitrogens with zero attached hydrogens (tertiary/aromatic N) is 3. The molecule has 1 spiro atoms. The van der Waals surface area contributed by atoms with Crippen molar-refractivity contribution in [2.24, 2.45) is 0 Å². The Morgan fingerprint density at radius 1 is 0.279 bits per heavy atom. The second kappa shape index (κ2) is 15.1. The number of para-hydroxylation sites is 5. The number of benzene rings is 11. The molecule has 11 aromatic carbocycles. The van der Waals surface area contributed by atoms with E-state index in [0.717, 1.165) is 39.8 Å². The van der Waals surface area contributed by atoms with Crippen LogP contribution in [-0.4, -0.2) is 4.57 Å². The molecular formula is C65H43N3. The van der Waals surface area contributed by atoms with Gasteiger partial charge in [0.15, 0.2) is 0 Å². The van der Waals surface area contributed by atoms with Crippen molar-refractivity contribution in [3.05, 3.63) is 283 Å². The van der Waals surface area contributed by atoms with Crippen LogP contribution in [0.25, 0.3) is 60.5 Å². The van der Waals surface area contributed by atoms with Crippen LogP contribution in [0.2, 0.25) is 0 Å². The molecule has 14 rings (SSSR count). The van der Waals surface area contributed by atoms with Crippen LogP contribution in [-0.2, 0) is 5.41 Å². The van der Waals surface area contributed by atoms with E-state index in [9.17, 15) is 0 Å². The van der Waals surface area contributed by atoms with Gasteiger partial charge < -0.3 is 14.4 Å². The van der Waals surface area contributed by atoms with Gasteiger partial charge >= 0.3 is 0 Å². The number of hydrogen-bond donors (Lipinski definition) is 0. The zero-order chi connectivity index (χ0) is 44.8. The summed E-state index contributed by atoms with van der Waals surface area (Å²) in [6.45, 7) is 0. The maximum Gasteiger partial charge on any atom is 0.0726 e. The van der Waals surface area contributed by atoms with Gasteiger partial charge in [-0.3, -0.25) is 0 Å². The van der Waals surface area contributed by atoms with Crippen molar-refractivity contribution in [1.82, 2.24) is 4.57 Å². The maximum absolute atomic E-state index is 2.54. The van der Waals surface area contributed by atoms with Crippen LogP contribution in [0.4, 0.5) is 34.1 Å². The zero-order valence-corrected chi connectivity index (χ0v) is 37.2. The Balaban J connectivity index is 1.05. The van der Waals surface area contributed by atoms with Gasteiger partial charge in [-0.25, -0.2) is 0 Å². The van der Waals surface area contributed by atoms with E-state index in [0.29, 0.717) is 0 Å². The Morgan fingerprint density at radius 2 is 0.765 bits per heavy atom. The first kappa shape index (κ1) is 38.4. The second-order valence-corrected chi connectivity index (χ2v) is 18.0. The minimum Gasteiger partial charge on any atom is -0.310 e. The molecule has 0 radical (unpaired) electrons. The van der Waals surface area contributed by atoms with Gasteiger partial charge in [0.25, 0.3) is 0 Å². The quantitative estimate of drug-likeness (QED) is 0.158. The predicted molar refractivity (Wildman–Crippen MR) is 284 cm³/mol. The molecule has 0 N–H and O–H groups in total. The molecule has 2 aliphatic carbocycles. The van der Waals surface area contributed by atoms with Gasteiger partial charge in [0.1, 0.15) is 0 Å². The fraction of sp³-hybridized carbons (Fsp3) is 0.0154. The van der Waals surface area contributed by atoms with E-state index in [2.05, 4.69) is 275 Å². The fourth-order valence-electron chi connectivity index (χ4n) is 11.9. The number of fused-ring (bicyclic) bond motifs is 15. The van der Waals surface area contributed by atoms with Crippen LogP contribution >= 0.6 is 0 Å². The molecule has 0 saturated carbocycles. The minimum absolute atomic E-state index is 0.578. The lowest BCUT2D eigenvalue weighted by molar-refractivity contribution is 0.794. The Kier molecular flexibility index (Phi) is 8.50. The van der Waals surface area contributed by atoms with Gasteiger partial charge in [-0.2, -0.15) is 0 Å². The summed E-state index contributed by atoms with van der Waals surface area (Å²) in [4.78, 5) is 4.87. The predicted octanol–water partition coefficient (Wildman–Crippen LogP) is 17.2. The topological polar surface area (TPSA) is 11.4 Å². The summed E-state index contributed by atoms with van der Waals surface area (Å²) in [5, 5.41) is 4.91. The van der Waals surface area contributed by atoms with E-state index < -0.39 is 5.41 Å². The molecule has 3 nitrogen and oxygen atoms in total. The molecule has 0 amide bonds. The number of aromatic nitrogens is 1. The van der Waals surface area contributed by atoms with Gasteiger partial charge in [-0.05, 0) is 135 Å². The van der Waals surface area contributed by atoms with E-state index in [-0.39, 0.29) is 0 Å². The van der Waals surface area contributed by atoms with Crippen LogP contribution in [0.5, 0.6) is 0 Å². The first-order valence-electron chi connectivity index (χ1n) is 23.5. The van der Waals surface area contributed by atoms with Crippen LogP contribution in [0.15, 0.2) is 261 Å². The Labute approximate surface area is 395 Å². The average Bonchev–Trinajstić information content (AvgIpc) is 4.01. The standard InChI is InChI=1S/C65H43N3/c1-5-21-44(22-6-1)66(45-23-7-2-8-24-45)48-38-40-59-56(41-48)50-29-15-18-34-57(50)65(59)58-35-19-16-33-55(58)64-54-32-14-13-31-52(54)63(43-60(64)65)67(46-25-9-3-10-26-46)49-37-39-53-51-30-17-20-36-61(51)68(62(53)42-49)47-27-11-4-12-28-47/h1-43H. The highest BCUT2D eigenvalue weighted by atomic mass is 15.2. The lowest BCUT2D eigenvalue weighted by Crippen LogP contribution is -2.26. The SMILES string of the molecule is c1ccc(N(c2ccccc2)c2ccc3c(c2)-c2ccccc2C32c3ccccc3-c3c2cc(N(c2ccccc2)c2ccc4c5ccccc5n(-c5ccccc5)c4c2)c2ccccc32)cc1. The number of hydrogen-bond acceptors (Lipinski definition) is 2. The molecule has 0 saturated heterocycles. The summed E-state index contributed by atoms with van der Waals surface area (Å²) in [7, 11) is 0. The molecule has 1 unspecified atom stereocenters. The van der Waals surface area contributed by atoms with Crippen LogP contribution in [0, 0.1) is 0 Å². The van der Waals surface area contributed by atoms with Crippen molar-refractivity contribution >= 4 is 66.7 Å². The Hall–Kier alpha value is -8.92. The third kappa shape index (κ3) is 5.47. The summed E-state index contributed by atoms with van der Waals surface area (Å²) in [6, 6.07) is 96.1. The van der Waals surface area contributed by atoms with Crippen molar-refractivity contribution in [2.45, 2.75) is 5.41 Å². The minimum atomic E-state index is -0.578. The van der Waals surface area contributed by atoms with Gasteiger partial charge in [0.05, 0.1) is 22.1 Å². The Morgan fingerprint density at radius 3 is 1.46 bits per heavy atom. The highest BCUT2D eigenvalue weighted by molar-refractivity contribution is 6.14. The fourth-order valence-corrected chi connectivity index (χ4v) is 11.9. The average molecular weight is 866 g/mol. The van der Waals surface area contributed by atoms with E-state index in [4.69, 9.17) is 0 Å². The summed E-state index contributed by atoms with van der Waals surface area (Å²) in [5.74, 6) is 0. The molecule has 318 valence electrons. The molecule has 0 fully saturated rings. The van der Waals surface area contributed by atoms with Crippen molar-refractivity contribution in [3.8, 4) is 27.9 Å². The summed E-state index contributed by atoms with van der Waals surface area (Å²) >= 11 is 0. The van der Waals surface area contributed by atoms with E-state index in [1.807, 2.05) is 0 Å². The van der Waals surface area contributed by atoms with Crippen molar-refractivity contribution in [2.75, 3.05) is 9.80 Å². The zero-order valence-electron chi connectivity index (χ0n) is 37.2. The lowest BCUT2D eigenvalue weighted by Gasteiger charge is -2.33. The van der Waals surface area contributed by atoms with Crippen LogP contribution < -0.4 is 9.80 Å². The number of rotatable bonds is 7. The molecule has 12 aromatic rings. The first-order chi connectivity index (χ1) is 33.8. The summed E-state index contributed by atoms with van der Waals surface area (Å²) < 4.78 is 2.42. The van der Waals surface area contributed by atoms with E-state index in [1.165, 1.54) is 77.1 Å². The van der Waals surface area contributed by atoms with Crippen LogP contribution in [0.1, 0.15) is 22.3 Å². The maximum atomic E-state index is 2.54. The Bertz CT molecular complexity index is 3870. The van der Waals surface area contributed by atoms with Gasteiger partial charge in [0.2, 0.25) is 0 Å². The van der Waals surface area contributed by atoms with E-state index in [1.54, 1.807) is 0 Å². The molecule has 68 heavy (non-hydrogen) atoms. The molecule has 0 bridgehead atoms.